The Morgan fingerprint density at radius 1 is 0.371 bits per heavy atom. The first kappa shape index (κ1) is 32.9. The van der Waals surface area contributed by atoms with Gasteiger partial charge in [-0.25, -0.2) is 0 Å². The van der Waals surface area contributed by atoms with Gasteiger partial charge < -0.3 is 0 Å². The van der Waals surface area contributed by atoms with Crippen molar-refractivity contribution in [3.05, 3.63) is 30.3 Å². The third-order valence-corrected chi connectivity index (χ3v) is 17.6. The predicted octanol–water partition coefficient (Wildman–Crippen LogP) is 12.2. The summed E-state index contributed by atoms with van der Waals surface area (Å²) in [6.07, 6.45) is 35.3. The molecule has 0 atom stereocenters. The van der Waals surface area contributed by atoms with Crippen molar-refractivity contribution in [1.29, 1.82) is 0 Å². The van der Waals surface area contributed by atoms with E-state index in [9.17, 15) is 0 Å². The summed E-state index contributed by atoms with van der Waals surface area (Å²) in [7, 11) is 0. The first-order valence-corrected chi connectivity index (χ1v) is 22.4. The first-order valence-electron chi connectivity index (χ1n) is 16.7. The summed E-state index contributed by atoms with van der Waals surface area (Å²) >= 11 is -1.54. The number of hydrogen-bond acceptors (Lipinski definition) is 0. The van der Waals surface area contributed by atoms with E-state index in [-0.39, 0.29) is 0 Å². The zero-order valence-electron chi connectivity index (χ0n) is 24.5. The molecule has 0 radical (unpaired) electrons. The van der Waals surface area contributed by atoms with Crippen molar-refractivity contribution >= 4 is 4.16 Å². The second-order valence-electron chi connectivity index (χ2n) is 11.8. The second kappa shape index (κ2) is 26.9. The molecule has 0 unspecified atom stereocenters. The average Bonchev–Trinajstić information content (AvgIpc) is 2.89. The van der Waals surface area contributed by atoms with Crippen LogP contribution >= 0.6 is 0 Å². The molecule has 0 N–H and O–H groups in total. The maximum absolute atomic E-state index is 2.47. The van der Waals surface area contributed by atoms with E-state index in [4.69, 9.17) is 0 Å². The Balaban J connectivity index is 2.04. The molecule has 0 heterocycles. The van der Waals surface area contributed by atoms with Crippen LogP contribution < -0.4 is 4.16 Å². The van der Waals surface area contributed by atoms with Gasteiger partial charge in [0.15, 0.2) is 0 Å². The minimum atomic E-state index is -1.54. The van der Waals surface area contributed by atoms with Crippen LogP contribution in [0.25, 0.3) is 0 Å². The van der Waals surface area contributed by atoms with Crippen LogP contribution in [0.4, 0.5) is 0 Å². The fourth-order valence-corrected chi connectivity index (χ4v) is 14.5. The second-order valence-corrected chi connectivity index (χ2v) is 20.1. The molecule has 0 spiro atoms. The SMILES string of the molecule is CCCCCCCCCCCCC[CH2][Zn]([CH2]CCCCCCCCCCCCC)[c]1ccccc1. The van der Waals surface area contributed by atoms with Gasteiger partial charge >= 0.3 is 202 Å². The van der Waals surface area contributed by atoms with Gasteiger partial charge in [0.25, 0.3) is 0 Å². The van der Waals surface area contributed by atoms with E-state index in [0.717, 1.165) is 0 Å². The Labute approximate surface area is 227 Å². The number of hydrogen-bond donors (Lipinski definition) is 0. The summed E-state index contributed by atoms with van der Waals surface area (Å²) in [6.45, 7) is 4.62. The average molecular weight is 537 g/mol. The molecule has 0 aliphatic heterocycles. The van der Waals surface area contributed by atoms with Crippen molar-refractivity contribution in [3.8, 4) is 0 Å². The molecule has 201 valence electrons. The summed E-state index contributed by atoms with van der Waals surface area (Å²) in [4.78, 5) is 0. The van der Waals surface area contributed by atoms with Crippen molar-refractivity contribution < 1.29 is 16.0 Å². The molecule has 0 bridgehead atoms. The molecular formula is C34H63Zn. The predicted molar refractivity (Wildman–Crippen MR) is 158 cm³/mol. The van der Waals surface area contributed by atoms with Crippen LogP contribution in [0.15, 0.2) is 30.3 Å². The summed E-state index contributed by atoms with van der Waals surface area (Å²) < 4.78 is 1.80. The Hall–Kier alpha value is -0.157. The molecule has 0 aliphatic rings. The van der Waals surface area contributed by atoms with Gasteiger partial charge in [0, 0.05) is 0 Å². The monoisotopic (exact) mass is 535 g/mol. The first-order chi connectivity index (χ1) is 17.4. The van der Waals surface area contributed by atoms with Crippen molar-refractivity contribution in [2.24, 2.45) is 0 Å². The molecule has 1 rings (SSSR count). The van der Waals surface area contributed by atoms with Crippen LogP contribution in [0, 0.1) is 0 Å². The molecule has 0 aromatic heterocycles. The summed E-state index contributed by atoms with van der Waals surface area (Å²) in [5.74, 6) is 0. The van der Waals surface area contributed by atoms with Crippen molar-refractivity contribution in [1.82, 2.24) is 0 Å². The van der Waals surface area contributed by atoms with Gasteiger partial charge in [-0.2, -0.15) is 0 Å². The van der Waals surface area contributed by atoms with Gasteiger partial charge in [0.05, 0.1) is 0 Å². The van der Waals surface area contributed by atoms with Gasteiger partial charge in [-0.1, -0.05) is 26.7 Å². The molecule has 0 fully saturated rings. The molecule has 1 aromatic carbocycles. The fraction of sp³-hybridized carbons (Fsp3) is 0.824. The molecule has 0 saturated heterocycles. The van der Waals surface area contributed by atoms with Gasteiger partial charge in [-0.3, -0.25) is 0 Å². The maximum atomic E-state index is 2.47. The third-order valence-electron chi connectivity index (χ3n) is 8.48. The number of benzene rings is 1. The van der Waals surface area contributed by atoms with Crippen LogP contribution in [-0.4, -0.2) is 0 Å². The quantitative estimate of drug-likeness (QED) is 0.0774. The van der Waals surface area contributed by atoms with Crippen molar-refractivity contribution in [3.63, 3.8) is 0 Å². The Kier molecular flexibility index (Phi) is 25.3. The van der Waals surface area contributed by atoms with Crippen molar-refractivity contribution in [2.45, 2.75) is 178 Å². The van der Waals surface area contributed by atoms with E-state index in [2.05, 4.69) is 44.2 Å². The summed E-state index contributed by atoms with van der Waals surface area (Å²) in [5.41, 5.74) is 0. The Morgan fingerprint density at radius 3 is 0.971 bits per heavy atom. The van der Waals surface area contributed by atoms with Crippen LogP contribution in [-0.2, 0) is 16.0 Å². The van der Waals surface area contributed by atoms with E-state index < -0.39 is 16.0 Å². The van der Waals surface area contributed by atoms with E-state index in [1.54, 1.807) is 14.2 Å². The van der Waals surface area contributed by atoms with E-state index >= 15 is 0 Å². The Bertz CT molecular complexity index is 483. The minimum absolute atomic E-state index is 1.37. The summed E-state index contributed by atoms with van der Waals surface area (Å²) in [6, 6.07) is 11.7. The molecule has 0 aliphatic carbocycles. The van der Waals surface area contributed by atoms with Crippen molar-refractivity contribution in [2.75, 3.05) is 0 Å². The van der Waals surface area contributed by atoms with E-state index in [0.29, 0.717) is 0 Å². The zero-order valence-corrected chi connectivity index (χ0v) is 27.4. The normalized spacial score (nSPS) is 11.3. The van der Waals surface area contributed by atoms with E-state index in [1.165, 1.54) is 154 Å². The fourth-order valence-electron chi connectivity index (χ4n) is 6.04. The van der Waals surface area contributed by atoms with Gasteiger partial charge in [0.1, 0.15) is 0 Å². The zero-order chi connectivity index (χ0) is 25.1. The molecule has 0 saturated carbocycles. The van der Waals surface area contributed by atoms with Crippen LogP contribution in [0.2, 0.25) is 10.0 Å². The van der Waals surface area contributed by atoms with E-state index in [1.807, 2.05) is 0 Å². The molecule has 35 heavy (non-hydrogen) atoms. The molecule has 1 aromatic rings. The van der Waals surface area contributed by atoms with Crippen LogP contribution in [0.3, 0.4) is 0 Å². The summed E-state index contributed by atoms with van der Waals surface area (Å²) in [5, 5.41) is 3.22. The molecule has 0 nitrogen and oxygen atoms in total. The number of rotatable bonds is 27. The Morgan fingerprint density at radius 2 is 0.657 bits per heavy atom. The van der Waals surface area contributed by atoms with Gasteiger partial charge in [-0.15, -0.1) is 0 Å². The molecule has 0 amide bonds. The van der Waals surface area contributed by atoms with Gasteiger partial charge in [0.2, 0.25) is 0 Å². The van der Waals surface area contributed by atoms with Gasteiger partial charge in [-0.05, 0) is 0 Å². The third kappa shape index (κ3) is 21.6. The van der Waals surface area contributed by atoms with Crippen LogP contribution in [0.1, 0.15) is 168 Å². The van der Waals surface area contributed by atoms with Crippen LogP contribution in [0.5, 0.6) is 0 Å². The molecular weight excluding hydrogens is 474 g/mol. The standard InChI is InChI=1S/2C14H29.C6H5.Zn/c2*1-3-5-7-9-11-13-14-12-10-8-6-4-2;1-2-4-6-5-3-1;/h2*1,3-14H2,2H3;1-5H;. The topological polar surface area (TPSA) is 0 Å². The molecule has 1 heteroatoms. The number of unbranched alkanes of at least 4 members (excludes halogenated alkanes) is 22.